The van der Waals surface area contributed by atoms with Crippen LogP contribution in [0.3, 0.4) is 0 Å². The molecule has 1 aliphatic heterocycles. The molecule has 0 radical (unpaired) electrons. The van der Waals surface area contributed by atoms with Crippen LogP contribution in [0.4, 0.5) is 0 Å². The standard InChI is InChI=1S/C7H12N2O4/c1-3(7(11)12)5-4(2)13-9(8)6(5)10/h3-5H,8H2,1-2H3,(H,11,12). The molecule has 6 heteroatoms. The van der Waals surface area contributed by atoms with Gasteiger partial charge in [-0.2, -0.15) is 5.17 Å². The Hall–Kier alpha value is -1.14. The van der Waals surface area contributed by atoms with Crippen molar-refractivity contribution in [3.63, 3.8) is 0 Å². The highest BCUT2D eigenvalue weighted by atomic mass is 16.7. The number of carboxylic acid groups (broad SMARTS) is 1. The SMILES string of the molecule is CC1ON(N)C(=O)C1C(C)C(=O)O. The lowest BCUT2D eigenvalue weighted by Gasteiger charge is -2.13. The van der Waals surface area contributed by atoms with E-state index in [1.54, 1.807) is 6.92 Å². The largest absolute Gasteiger partial charge is 0.481 e. The summed E-state index contributed by atoms with van der Waals surface area (Å²) in [5, 5.41) is 9.30. The molecule has 1 heterocycles. The predicted molar refractivity (Wildman–Crippen MR) is 41.9 cm³/mol. The summed E-state index contributed by atoms with van der Waals surface area (Å²) >= 11 is 0. The zero-order valence-corrected chi connectivity index (χ0v) is 7.43. The number of carbonyl (C=O) groups excluding carboxylic acids is 1. The molecule has 1 fully saturated rings. The van der Waals surface area contributed by atoms with Crippen LogP contribution in [-0.4, -0.2) is 28.3 Å². The van der Waals surface area contributed by atoms with Crippen molar-refractivity contribution in [3.8, 4) is 0 Å². The van der Waals surface area contributed by atoms with Crippen LogP contribution in [0.2, 0.25) is 0 Å². The van der Waals surface area contributed by atoms with Gasteiger partial charge in [-0.1, -0.05) is 6.92 Å². The number of nitrogens with two attached hydrogens (primary N) is 1. The van der Waals surface area contributed by atoms with Gasteiger partial charge in [-0.05, 0) is 6.92 Å². The van der Waals surface area contributed by atoms with Crippen molar-refractivity contribution >= 4 is 11.9 Å². The Labute approximate surface area is 75.2 Å². The average molecular weight is 188 g/mol. The molecule has 3 unspecified atom stereocenters. The molecule has 0 aromatic rings. The Morgan fingerprint density at radius 2 is 2.31 bits per heavy atom. The summed E-state index contributed by atoms with van der Waals surface area (Å²) in [5.74, 6) is 2.18. The van der Waals surface area contributed by atoms with Crippen molar-refractivity contribution in [1.82, 2.24) is 5.17 Å². The van der Waals surface area contributed by atoms with Crippen molar-refractivity contribution in [3.05, 3.63) is 0 Å². The number of hydroxylamine groups is 1. The van der Waals surface area contributed by atoms with E-state index in [4.69, 9.17) is 15.8 Å². The lowest BCUT2D eigenvalue weighted by atomic mass is 9.90. The zero-order valence-electron chi connectivity index (χ0n) is 7.43. The molecule has 74 valence electrons. The molecule has 0 spiro atoms. The summed E-state index contributed by atoms with van der Waals surface area (Å²) in [4.78, 5) is 26.7. The van der Waals surface area contributed by atoms with Crippen LogP contribution in [0.1, 0.15) is 13.8 Å². The summed E-state index contributed by atoms with van der Waals surface area (Å²) in [6.45, 7) is 3.08. The van der Waals surface area contributed by atoms with E-state index in [0.29, 0.717) is 5.17 Å². The first-order chi connectivity index (χ1) is 5.95. The molecule has 0 bridgehead atoms. The number of carboxylic acids is 1. The minimum atomic E-state index is -1.02. The summed E-state index contributed by atoms with van der Waals surface area (Å²) < 4.78 is 0. The van der Waals surface area contributed by atoms with E-state index in [9.17, 15) is 9.59 Å². The number of hydrazine groups is 1. The number of hydrogen-bond donors (Lipinski definition) is 2. The molecule has 1 amide bonds. The fourth-order valence-corrected chi connectivity index (χ4v) is 1.42. The van der Waals surface area contributed by atoms with Crippen molar-refractivity contribution in [2.45, 2.75) is 20.0 Å². The van der Waals surface area contributed by atoms with E-state index in [1.807, 2.05) is 0 Å². The van der Waals surface area contributed by atoms with Crippen LogP contribution in [0.25, 0.3) is 0 Å². The summed E-state index contributed by atoms with van der Waals surface area (Å²) in [6, 6.07) is 0. The minimum absolute atomic E-state index is 0.483. The van der Waals surface area contributed by atoms with Crippen LogP contribution in [0.15, 0.2) is 0 Å². The highest BCUT2D eigenvalue weighted by Gasteiger charge is 2.44. The van der Waals surface area contributed by atoms with Crippen molar-refractivity contribution in [1.29, 1.82) is 0 Å². The molecule has 3 N–H and O–H groups in total. The quantitative estimate of drug-likeness (QED) is 0.444. The van der Waals surface area contributed by atoms with Gasteiger partial charge in [-0.25, -0.2) is 5.84 Å². The van der Waals surface area contributed by atoms with Gasteiger partial charge in [0.05, 0.1) is 17.9 Å². The number of rotatable bonds is 2. The van der Waals surface area contributed by atoms with E-state index in [-0.39, 0.29) is 0 Å². The van der Waals surface area contributed by atoms with Crippen LogP contribution in [0, 0.1) is 11.8 Å². The Balaban J connectivity index is 2.79. The van der Waals surface area contributed by atoms with Crippen molar-refractivity contribution < 1.29 is 19.5 Å². The van der Waals surface area contributed by atoms with Gasteiger partial charge in [0.2, 0.25) is 0 Å². The molecule has 0 saturated carbocycles. The number of nitrogens with zero attached hydrogens (tertiary/aromatic N) is 1. The maximum Gasteiger partial charge on any atom is 0.307 e. The molecule has 1 saturated heterocycles. The predicted octanol–water partition coefficient (Wildman–Crippen LogP) is -0.641. The Morgan fingerprint density at radius 1 is 1.77 bits per heavy atom. The minimum Gasteiger partial charge on any atom is -0.481 e. The van der Waals surface area contributed by atoms with Crippen LogP contribution in [0.5, 0.6) is 0 Å². The fourth-order valence-electron chi connectivity index (χ4n) is 1.42. The molecular weight excluding hydrogens is 176 g/mol. The normalized spacial score (nSPS) is 30.7. The van der Waals surface area contributed by atoms with Crippen LogP contribution in [-0.2, 0) is 14.4 Å². The molecule has 0 aromatic carbocycles. The monoisotopic (exact) mass is 188 g/mol. The van der Waals surface area contributed by atoms with E-state index >= 15 is 0 Å². The van der Waals surface area contributed by atoms with Gasteiger partial charge >= 0.3 is 5.97 Å². The Bertz CT molecular complexity index is 243. The second kappa shape index (κ2) is 3.31. The van der Waals surface area contributed by atoms with Gasteiger partial charge in [-0.15, -0.1) is 0 Å². The molecule has 1 aliphatic rings. The molecule has 1 rings (SSSR count). The summed E-state index contributed by atoms with van der Waals surface area (Å²) in [7, 11) is 0. The maximum atomic E-state index is 11.3. The van der Waals surface area contributed by atoms with Gasteiger partial charge in [0.15, 0.2) is 0 Å². The van der Waals surface area contributed by atoms with Crippen molar-refractivity contribution in [2.75, 3.05) is 0 Å². The average Bonchev–Trinajstić information content (AvgIpc) is 2.26. The first-order valence-corrected chi connectivity index (χ1v) is 3.93. The number of hydrogen-bond acceptors (Lipinski definition) is 4. The van der Waals surface area contributed by atoms with Gasteiger partial charge in [0.25, 0.3) is 5.91 Å². The van der Waals surface area contributed by atoms with Gasteiger partial charge in [-0.3, -0.25) is 14.4 Å². The number of amides is 1. The van der Waals surface area contributed by atoms with Crippen LogP contribution < -0.4 is 5.84 Å². The highest BCUT2D eigenvalue weighted by Crippen LogP contribution is 2.26. The first kappa shape index (κ1) is 9.94. The van der Waals surface area contributed by atoms with E-state index in [2.05, 4.69) is 0 Å². The van der Waals surface area contributed by atoms with Crippen LogP contribution >= 0.6 is 0 Å². The van der Waals surface area contributed by atoms with Gasteiger partial charge in [0.1, 0.15) is 0 Å². The number of aliphatic carboxylic acids is 1. The second-order valence-electron chi connectivity index (χ2n) is 3.13. The molecule has 0 aromatic heterocycles. The smallest absolute Gasteiger partial charge is 0.307 e. The summed E-state index contributed by atoms with van der Waals surface area (Å²) in [5.41, 5.74) is 0. The lowest BCUT2D eigenvalue weighted by molar-refractivity contribution is -0.172. The third-order valence-corrected chi connectivity index (χ3v) is 2.22. The number of carbonyl (C=O) groups is 2. The van der Waals surface area contributed by atoms with E-state index in [1.165, 1.54) is 6.92 Å². The maximum absolute atomic E-state index is 11.3. The highest BCUT2D eigenvalue weighted by molar-refractivity contribution is 5.85. The first-order valence-electron chi connectivity index (χ1n) is 3.93. The molecule has 3 atom stereocenters. The Kier molecular flexibility index (Phi) is 2.53. The lowest BCUT2D eigenvalue weighted by Crippen LogP contribution is -2.36. The third-order valence-electron chi connectivity index (χ3n) is 2.22. The molecular formula is C7H12N2O4. The second-order valence-corrected chi connectivity index (χ2v) is 3.13. The molecule has 6 nitrogen and oxygen atoms in total. The van der Waals surface area contributed by atoms with E-state index in [0.717, 1.165) is 0 Å². The van der Waals surface area contributed by atoms with E-state index < -0.39 is 29.8 Å². The Morgan fingerprint density at radius 3 is 2.62 bits per heavy atom. The molecule has 0 aliphatic carbocycles. The van der Waals surface area contributed by atoms with Crippen molar-refractivity contribution in [2.24, 2.45) is 17.7 Å². The summed E-state index contributed by atoms with van der Waals surface area (Å²) in [6.07, 6.45) is -0.483. The zero-order chi connectivity index (χ0) is 10.2. The van der Waals surface area contributed by atoms with Gasteiger partial charge in [0, 0.05) is 0 Å². The fraction of sp³-hybridized carbons (Fsp3) is 0.714. The third kappa shape index (κ3) is 1.63. The van der Waals surface area contributed by atoms with Gasteiger partial charge < -0.3 is 5.11 Å². The molecule has 13 heavy (non-hydrogen) atoms. The topological polar surface area (TPSA) is 92.9 Å².